The standard InChI is InChI=1S/C18H21F2N3O2/c1-11(15-6-4-13(19)9-16(15)20)23-18(21-2)22-10-12-8-14(25-3)5-7-17(12)24/h4-9,11,24H,10H2,1-3H3,(H2,21,22,23). The van der Waals surface area contributed by atoms with E-state index in [-0.39, 0.29) is 5.75 Å². The number of hydrogen-bond donors (Lipinski definition) is 3. The highest BCUT2D eigenvalue weighted by Gasteiger charge is 2.13. The number of hydrogen-bond acceptors (Lipinski definition) is 3. The van der Waals surface area contributed by atoms with E-state index in [1.165, 1.54) is 12.1 Å². The number of phenols is 1. The maximum absolute atomic E-state index is 13.9. The Labute approximate surface area is 145 Å². The van der Waals surface area contributed by atoms with E-state index < -0.39 is 17.7 Å². The lowest BCUT2D eigenvalue weighted by molar-refractivity contribution is 0.410. The van der Waals surface area contributed by atoms with Crippen molar-refractivity contribution in [2.24, 2.45) is 4.99 Å². The number of methoxy groups -OCH3 is 1. The van der Waals surface area contributed by atoms with Crippen LogP contribution in [0.15, 0.2) is 41.4 Å². The van der Waals surface area contributed by atoms with Crippen molar-refractivity contribution < 1.29 is 18.6 Å². The fourth-order valence-electron chi connectivity index (χ4n) is 2.34. The van der Waals surface area contributed by atoms with Crippen LogP contribution in [0.25, 0.3) is 0 Å². The first-order valence-corrected chi connectivity index (χ1v) is 7.72. The van der Waals surface area contributed by atoms with Crippen molar-refractivity contribution in [3.63, 3.8) is 0 Å². The Morgan fingerprint density at radius 2 is 2.00 bits per heavy atom. The zero-order valence-electron chi connectivity index (χ0n) is 14.3. The second kappa shape index (κ2) is 8.32. The van der Waals surface area contributed by atoms with Gasteiger partial charge in [-0.15, -0.1) is 0 Å². The van der Waals surface area contributed by atoms with Crippen LogP contribution in [0.2, 0.25) is 0 Å². The quantitative estimate of drug-likeness (QED) is 0.573. The molecule has 0 aliphatic heterocycles. The van der Waals surface area contributed by atoms with Crippen molar-refractivity contribution in [2.45, 2.75) is 19.5 Å². The van der Waals surface area contributed by atoms with Gasteiger partial charge in [0, 0.05) is 30.8 Å². The Bertz CT molecular complexity index is 766. The van der Waals surface area contributed by atoms with E-state index >= 15 is 0 Å². The molecule has 0 saturated heterocycles. The van der Waals surface area contributed by atoms with Gasteiger partial charge in [-0.05, 0) is 31.2 Å². The van der Waals surface area contributed by atoms with E-state index in [1.807, 2.05) is 0 Å². The average Bonchev–Trinajstić information content (AvgIpc) is 2.59. The summed E-state index contributed by atoms with van der Waals surface area (Å²) >= 11 is 0. The lowest BCUT2D eigenvalue weighted by Gasteiger charge is -2.19. The van der Waals surface area contributed by atoms with Crippen molar-refractivity contribution >= 4 is 5.96 Å². The molecular weight excluding hydrogens is 328 g/mol. The Morgan fingerprint density at radius 3 is 2.64 bits per heavy atom. The SMILES string of the molecule is CN=C(NCc1cc(OC)ccc1O)NC(C)c1ccc(F)cc1F. The molecule has 2 aromatic carbocycles. The van der Waals surface area contributed by atoms with Crippen molar-refractivity contribution in [3.8, 4) is 11.5 Å². The Morgan fingerprint density at radius 1 is 1.24 bits per heavy atom. The van der Waals surface area contributed by atoms with Crippen LogP contribution < -0.4 is 15.4 Å². The normalized spacial score (nSPS) is 12.6. The summed E-state index contributed by atoms with van der Waals surface area (Å²) < 4.78 is 32.0. The highest BCUT2D eigenvalue weighted by molar-refractivity contribution is 5.80. The third kappa shape index (κ3) is 4.82. The van der Waals surface area contributed by atoms with Gasteiger partial charge in [0.2, 0.25) is 0 Å². The summed E-state index contributed by atoms with van der Waals surface area (Å²) in [7, 11) is 3.12. The molecule has 7 heteroatoms. The molecule has 134 valence electrons. The molecule has 0 saturated carbocycles. The number of benzene rings is 2. The van der Waals surface area contributed by atoms with Crippen LogP contribution in [0, 0.1) is 11.6 Å². The van der Waals surface area contributed by atoms with E-state index in [0.29, 0.717) is 29.4 Å². The molecule has 0 amide bonds. The molecule has 0 aliphatic carbocycles. The molecule has 0 radical (unpaired) electrons. The van der Waals surface area contributed by atoms with Crippen molar-refractivity contribution in [2.75, 3.05) is 14.2 Å². The van der Waals surface area contributed by atoms with Gasteiger partial charge >= 0.3 is 0 Å². The Balaban J connectivity index is 2.03. The first kappa shape index (κ1) is 18.5. The summed E-state index contributed by atoms with van der Waals surface area (Å²) in [6.45, 7) is 2.04. The van der Waals surface area contributed by atoms with Crippen molar-refractivity contribution in [3.05, 3.63) is 59.2 Å². The summed E-state index contributed by atoms with van der Waals surface area (Å²) in [5.41, 5.74) is 0.955. The predicted molar refractivity (Wildman–Crippen MR) is 92.8 cm³/mol. The number of guanidine groups is 1. The lowest BCUT2D eigenvalue weighted by atomic mass is 10.1. The summed E-state index contributed by atoms with van der Waals surface area (Å²) in [6, 6.07) is 7.93. The smallest absolute Gasteiger partial charge is 0.191 e. The van der Waals surface area contributed by atoms with Gasteiger partial charge in [-0.3, -0.25) is 4.99 Å². The molecule has 0 bridgehead atoms. The maximum Gasteiger partial charge on any atom is 0.191 e. The van der Waals surface area contributed by atoms with Crippen molar-refractivity contribution in [1.82, 2.24) is 10.6 Å². The number of phenolic OH excluding ortho intramolecular Hbond substituents is 1. The second-order valence-corrected chi connectivity index (χ2v) is 5.45. The highest BCUT2D eigenvalue weighted by atomic mass is 19.1. The Kier molecular flexibility index (Phi) is 6.16. The molecule has 1 unspecified atom stereocenters. The van der Waals surface area contributed by atoms with E-state index in [4.69, 9.17) is 4.74 Å². The molecule has 5 nitrogen and oxygen atoms in total. The molecule has 0 fully saturated rings. The van der Waals surface area contributed by atoms with Gasteiger partial charge in [0.1, 0.15) is 23.1 Å². The number of aromatic hydroxyl groups is 1. The summed E-state index contributed by atoms with van der Waals surface area (Å²) in [5.74, 6) is -0.0792. The summed E-state index contributed by atoms with van der Waals surface area (Å²) in [6.07, 6.45) is 0. The molecule has 25 heavy (non-hydrogen) atoms. The predicted octanol–water partition coefficient (Wildman–Crippen LogP) is 3.11. The van der Waals surface area contributed by atoms with Gasteiger partial charge in [-0.1, -0.05) is 6.07 Å². The zero-order chi connectivity index (χ0) is 18.4. The molecular formula is C18H21F2N3O2. The van der Waals surface area contributed by atoms with Gasteiger partial charge in [-0.2, -0.15) is 0 Å². The number of rotatable bonds is 5. The minimum atomic E-state index is -0.624. The van der Waals surface area contributed by atoms with Gasteiger partial charge < -0.3 is 20.5 Å². The minimum absolute atomic E-state index is 0.126. The molecule has 2 rings (SSSR count). The number of nitrogens with one attached hydrogen (secondary N) is 2. The first-order chi connectivity index (χ1) is 11.9. The molecule has 0 spiro atoms. The van der Waals surface area contributed by atoms with E-state index in [0.717, 1.165) is 6.07 Å². The molecule has 0 aliphatic rings. The van der Waals surface area contributed by atoms with Crippen LogP contribution in [-0.2, 0) is 6.54 Å². The molecule has 3 N–H and O–H groups in total. The Hall–Kier alpha value is -2.83. The van der Waals surface area contributed by atoms with Crippen LogP contribution in [0.4, 0.5) is 8.78 Å². The third-order valence-corrected chi connectivity index (χ3v) is 3.74. The molecule has 0 aromatic heterocycles. The number of halogens is 2. The largest absolute Gasteiger partial charge is 0.508 e. The monoisotopic (exact) mass is 349 g/mol. The minimum Gasteiger partial charge on any atom is -0.508 e. The van der Waals surface area contributed by atoms with Gasteiger partial charge in [0.25, 0.3) is 0 Å². The lowest BCUT2D eigenvalue weighted by Crippen LogP contribution is -2.38. The van der Waals surface area contributed by atoms with Gasteiger partial charge in [-0.25, -0.2) is 8.78 Å². The number of nitrogens with zero attached hydrogens (tertiary/aromatic N) is 1. The van der Waals surface area contributed by atoms with Crippen LogP contribution in [-0.4, -0.2) is 25.2 Å². The van der Waals surface area contributed by atoms with E-state index in [9.17, 15) is 13.9 Å². The first-order valence-electron chi connectivity index (χ1n) is 7.72. The van der Waals surface area contributed by atoms with Gasteiger partial charge in [0.15, 0.2) is 5.96 Å². The van der Waals surface area contributed by atoms with Crippen LogP contribution in [0.1, 0.15) is 24.1 Å². The molecule has 2 aromatic rings. The zero-order valence-corrected chi connectivity index (χ0v) is 14.3. The number of aliphatic imine (C=N–C) groups is 1. The van der Waals surface area contributed by atoms with E-state index in [1.54, 1.807) is 39.3 Å². The summed E-state index contributed by atoms with van der Waals surface area (Å²) in [5, 5.41) is 16.0. The molecule has 0 heterocycles. The van der Waals surface area contributed by atoms with Crippen molar-refractivity contribution in [1.29, 1.82) is 0 Å². The van der Waals surface area contributed by atoms with Gasteiger partial charge in [0.05, 0.1) is 13.2 Å². The fraction of sp³-hybridized carbons (Fsp3) is 0.278. The molecule has 1 atom stereocenters. The second-order valence-electron chi connectivity index (χ2n) is 5.45. The van der Waals surface area contributed by atoms with E-state index in [2.05, 4.69) is 15.6 Å². The summed E-state index contributed by atoms with van der Waals surface area (Å²) in [4.78, 5) is 4.07. The van der Waals surface area contributed by atoms with Crippen LogP contribution >= 0.6 is 0 Å². The highest BCUT2D eigenvalue weighted by Crippen LogP contribution is 2.22. The number of ether oxygens (including phenoxy) is 1. The topological polar surface area (TPSA) is 65.9 Å². The fourth-order valence-corrected chi connectivity index (χ4v) is 2.34. The maximum atomic E-state index is 13.9. The van der Waals surface area contributed by atoms with Crippen LogP contribution in [0.5, 0.6) is 11.5 Å². The van der Waals surface area contributed by atoms with Crippen LogP contribution in [0.3, 0.4) is 0 Å². The average molecular weight is 349 g/mol. The third-order valence-electron chi connectivity index (χ3n) is 3.74.